The third-order valence-corrected chi connectivity index (χ3v) is 3.36. The van der Waals surface area contributed by atoms with Gasteiger partial charge in [-0.1, -0.05) is 6.92 Å². The Morgan fingerprint density at radius 1 is 1.47 bits per heavy atom. The molecule has 92 valence electrons. The number of pyridine rings is 1. The molecule has 0 aliphatic heterocycles. The van der Waals surface area contributed by atoms with Gasteiger partial charge in [0.15, 0.2) is 0 Å². The van der Waals surface area contributed by atoms with Crippen LogP contribution in [0.3, 0.4) is 0 Å². The van der Waals surface area contributed by atoms with Crippen LogP contribution in [0.1, 0.15) is 42.2 Å². The molecule has 1 aliphatic rings. The van der Waals surface area contributed by atoms with Gasteiger partial charge in [-0.2, -0.15) is 0 Å². The molecule has 0 aromatic carbocycles. The summed E-state index contributed by atoms with van der Waals surface area (Å²) >= 11 is 0. The Hall–Kier alpha value is -1.58. The molecule has 2 atom stereocenters. The molecular formula is C13H18N2O2. The van der Waals surface area contributed by atoms with Gasteiger partial charge in [0.1, 0.15) is 5.82 Å². The predicted octanol–water partition coefficient (Wildman–Crippen LogP) is 2.69. The maximum atomic E-state index is 10.9. The first-order valence-electron chi connectivity index (χ1n) is 6.03. The second kappa shape index (κ2) is 4.73. The van der Waals surface area contributed by atoms with Crippen LogP contribution in [0.5, 0.6) is 0 Å². The number of nitrogens with zero attached hydrogens (tertiary/aromatic N) is 1. The van der Waals surface area contributed by atoms with Gasteiger partial charge in [0, 0.05) is 6.04 Å². The molecule has 1 aromatic rings. The van der Waals surface area contributed by atoms with Crippen molar-refractivity contribution in [2.75, 3.05) is 5.32 Å². The molecule has 2 unspecified atom stereocenters. The normalized spacial score (nSPS) is 23.6. The summed E-state index contributed by atoms with van der Waals surface area (Å²) in [6.07, 6.45) is 3.59. The van der Waals surface area contributed by atoms with Crippen LogP contribution in [0, 0.1) is 12.8 Å². The summed E-state index contributed by atoms with van der Waals surface area (Å²) in [4.78, 5) is 15.2. The number of anilines is 1. The van der Waals surface area contributed by atoms with Crippen molar-refractivity contribution in [3.63, 3.8) is 0 Å². The molecule has 0 radical (unpaired) electrons. The summed E-state index contributed by atoms with van der Waals surface area (Å²) in [5, 5.41) is 12.3. The number of carboxylic acids is 1. The van der Waals surface area contributed by atoms with E-state index in [0.717, 1.165) is 11.7 Å². The van der Waals surface area contributed by atoms with E-state index < -0.39 is 5.97 Å². The van der Waals surface area contributed by atoms with Gasteiger partial charge in [-0.05, 0) is 44.2 Å². The average molecular weight is 234 g/mol. The van der Waals surface area contributed by atoms with Crippen LogP contribution in [0.25, 0.3) is 0 Å². The van der Waals surface area contributed by atoms with Gasteiger partial charge in [-0.25, -0.2) is 9.78 Å². The zero-order valence-electron chi connectivity index (χ0n) is 10.2. The molecule has 0 bridgehead atoms. The van der Waals surface area contributed by atoms with Crippen molar-refractivity contribution in [2.45, 2.75) is 39.2 Å². The lowest BCUT2D eigenvalue weighted by Gasteiger charge is -2.14. The molecule has 2 rings (SSSR count). The third kappa shape index (κ3) is 2.75. The van der Waals surface area contributed by atoms with Crippen LogP contribution in [-0.2, 0) is 0 Å². The molecule has 1 aliphatic carbocycles. The predicted molar refractivity (Wildman–Crippen MR) is 66.4 cm³/mol. The number of aromatic carboxylic acids is 1. The van der Waals surface area contributed by atoms with Gasteiger partial charge in [-0.3, -0.25) is 0 Å². The van der Waals surface area contributed by atoms with E-state index >= 15 is 0 Å². The Labute approximate surface area is 101 Å². The summed E-state index contributed by atoms with van der Waals surface area (Å²) in [5.74, 6) is 0.634. The topological polar surface area (TPSA) is 62.2 Å². The van der Waals surface area contributed by atoms with E-state index in [-0.39, 0.29) is 5.56 Å². The SMILES string of the molecule is Cc1nc(NC2CCC(C)C2)ccc1C(=O)O. The fraction of sp³-hybridized carbons (Fsp3) is 0.538. The standard InChI is InChI=1S/C13H18N2O2/c1-8-3-4-10(7-8)15-12-6-5-11(13(16)17)9(2)14-12/h5-6,8,10H,3-4,7H2,1-2H3,(H,14,15)(H,16,17). The summed E-state index contributed by atoms with van der Waals surface area (Å²) in [7, 11) is 0. The van der Waals surface area contributed by atoms with E-state index in [9.17, 15) is 4.79 Å². The highest BCUT2D eigenvalue weighted by molar-refractivity contribution is 5.89. The zero-order valence-corrected chi connectivity index (χ0v) is 10.2. The first kappa shape index (κ1) is 11.9. The second-order valence-electron chi connectivity index (χ2n) is 4.89. The number of nitrogens with one attached hydrogen (secondary N) is 1. The highest BCUT2D eigenvalue weighted by atomic mass is 16.4. The summed E-state index contributed by atoms with van der Waals surface area (Å²) in [6.45, 7) is 3.99. The minimum Gasteiger partial charge on any atom is -0.478 e. The van der Waals surface area contributed by atoms with Crippen molar-refractivity contribution < 1.29 is 9.90 Å². The minimum atomic E-state index is -0.920. The van der Waals surface area contributed by atoms with Crippen molar-refractivity contribution >= 4 is 11.8 Å². The fourth-order valence-electron chi connectivity index (χ4n) is 2.41. The lowest BCUT2D eigenvalue weighted by molar-refractivity contribution is 0.0695. The van der Waals surface area contributed by atoms with Crippen molar-refractivity contribution in [3.05, 3.63) is 23.4 Å². The Balaban J connectivity index is 2.07. The number of aryl methyl sites for hydroxylation is 1. The molecule has 0 saturated heterocycles. The van der Waals surface area contributed by atoms with Gasteiger partial charge >= 0.3 is 5.97 Å². The second-order valence-corrected chi connectivity index (χ2v) is 4.89. The Morgan fingerprint density at radius 3 is 2.76 bits per heavy atom. The van der Waals surface area contributed by atoms with Crippen molar-refractivity contribution in [3.8, 4) is 0 Å². The molecule has 1 saturated carbocycles. The molecule has 1 heterocycles. The number of rotatable bonds is 3. The fourth-order valence-corrected chi connectivity index (χ4v) is 2.41. The zero-order chi connectivity index (χ0) is 12.4. The maximum Gasteiger partial charge on any atom is 0.337 e. The van der Waals surface area contributed by atoms with Crippen LogP contribution in [-0.4, -0.2) is 22.1 Å². The van der Waals surface area contributed by atoms with E-state index in [1.54, 1.807) is 19.1 Å². The van der Waals surface area contributed by atoms with Crippen LogP contribution >= 0.6 is 0 Å². The lowest BCUT2D eigenvalue weighted by atomic mass is 10.1. The van der Waals surface area contributed by atoms with E-state index in [1.807, 2.05) is 0 Å². The summed E-state index contributed by atoms with van der Waals surface area (Å²) in [5.41, 5.74) is 0.837. The van der Waals surface area contributed by atoms with Gasteiger partial charge in [0.25, 0.3) is 0 Å². The smallest absolute Gasteiger partial charge is 0.337 e. The van der Waals surface area contributed by atoms with Gasteiger partial charge in [-0.15, -0.1) is 0 Å². The Morgan fingerprint density at radius 2 is 2.24 bits per heavy atom. The third-order valence-electron chi connectivity index (χ3n) is 3.36. The van der Waals surface area contributed by atoms with Crippen molar-refractivity contribution in [2.24, 2.45) is 5.92 Å². The highest BCUT2D eigenvalue weighted by Gasteiger charge is 2.21. The van der Waals surface area contributed by atoms with Crippen molar-refractivity contribution in [1.29, 1.82) is 0 Å². The van der Waals surface area contributed by atoms with Gasteiger partial charge in [0.2, 0.25) is 0 Å². The monoisotopic (exact) mass is 234 g/mol. The Kier molecular flexibility index (Phi) is 3.31. The summed E-state index contributed by atoms with van der Waals surface area (Å²) < 4.78 is 0. The van der Waals surface area contributed by atoms with E-state index in [4.69, 9.17) is 5.11 Å². The molecule has 4 nitrogen and oxygen atoms in total. The molecule has 0 amide bonds. The lowest BCUT2D eigenvalue weighted by Crippen LogP contribution is -2.17. The quantitative estimate of drug-likeness (QED) is 0.844. The first-order valence-corrected chi connectivity index (χ1v) is 6.03. The van der Waals surface area contributed by atoms with Crippen LogP contribution in [0.2, 0.25) is 0 Å². The number of carbonyl (C=O) groups is 1. The average Bonchev–Trinajstić information content (AvgIpc) is 2.63. The molecule has 17 heavy (non-hydrogen) atoms. The van der Waals surface area contributed by atoms with Gasteiger partial charge < -0.3 is 10.4 Å². The molecule has 2 N–H and O–H groups in total. The largest absolute Gasteiger partial charge is 0.478 e. The van der Waals surface area contributed by atoms with Gasteiger partial charge in [0.05, 0.1) is 11.3 Å². The molecule has 1 fully saturated rings. The van der Waals surface area contributed by atoms with Crippen LogP contribution in [0.4, 0.5) is 5.82 Å². The molecule has 0 spiro atoms. The van der Waals surface area contributed by atoms with Crippen LogP contribution < -0.4 is 5.32 Å². The minimum absolute atomic E-state index is 0.273. The maximum absolute atomic E-state index is 10.9. The Bertz CT molecular complexity index is 431. The van der Waals surface area contributed by atoms with Crippen LogP contribution in [0.15, 0.2) is 12.1 Å². The number of carboxylic acid groups (broad SMARTS) is 1. The van der Waals surface area contributed by atoms with E-state index in [2.05, 4.69) is 17.2 Å². The number of aromatic nitrogens is 1. The van der Waals surface area contributed by atoms with Crippen molar-refractivity contribution in [1.82, 2.24) is 4.98 Å². The first-order chi connectivity index (χ1) is 8.06. The number of hydrogen-bond acceptors (Lipinski definition) is 3. The summed E-state index contributed by atoms with van der Waals surface area (Å²) in [6, 6.07) is 3.85. The van der Waals surface area contributed by atoms with E-state index in [1.165, 1.54) is 19.3 Å². The highest BCUT2D eigenvalue weighted by Crippen LogP contribution is 2.27. The molecule has 1 aromatic heterocycles. The molecular weight excluding hydrogens is 216 g/mol. The number of hydrogen-bond donors (Lipinski definition) is 2. The van der Waals surface area contributed by atoms with E-state index in [0.29, 0.717) is 11.7 Å². The molecule has 4 heteroatoms.